The standard InChI is InChI=1S/C20H23F3N2O/c21-20(22,23)18(17-9-5-2-6-10-17)15-19(26)25(14-12-24)13-11-16-7-3-1-4-8-16/h1-10,18H,11-15,24H2. The molecule has 2 aromatic carbocycles. The number of carbonyl (C=O) groups is 1. The van der Waals surface area contributed by atoms with Crippen LogP contribution in [0, 0.1) is 0 Å². The molecule has 0 aliphatic heterocycles. The number of benzene rings is 2. The molecule has 0 saturated heterocycles. The third kappa shape index (κ3) is 5.88. The van der Waals surface area contributed by atoms with Gasteiger partial charge in [-0.05, 0) is 17.5 Å². The van der Waals surface area contributed by atoms with Crippen molar-refractivity contribution in [3.05, 3.63) is 71.8 Å². The summed E-state index contributed by atoms with van der Waals surface area (Å²) in [5.41, 5.74) is 6.67. The summed E-state index contributed by atoms with van der Waals surface area (Å²) in [4.78, 5) is 14.0. The van der Waals surface area contributed by atoms with Crippen LogP contribution in [0.25, 0.3) is 0 Å². The van der Waals surface area contributed by atoms with E-state index in [4.69, 9.17) is 5.73 Å². The molecular weight excluding hydrogens is 341 g/mol. The van der Waals surface area contributed by atoms with Gasteiger partial charge in [0.2, 0.25) is 5.91 Å². The van der Waals surface area contributed by atoms with E-state index in [1.165, 1.54) is 17.0 Å². The molecule has 0 radical (unpaired) electrons. The Morgan fingerprint density at radius 2 is 1.54 bits per heavy atom. The molecule has 140 valence electrons. The zero-order valence-electron chi connectivity index (χ0n) is 14.5. The highest BCUT2D eigenvalue weighted by atomic mass is 19.4. The Morgan fingerprint density at radius 3 is 2.08 bits per heavy atom. The molecule has 0 aliphatic carbocycles. The van der Waals surface area contributed by atoms with Crippen molar-refractivity contribution in [1.82, 2.24) is 4.90 Å². The summed E-state index contributed by atoms with van der Waals surface area (Å²) >= 11 is 0. The molecule has 6 heteroatoms. The highest BCUT2D eigenvalue weighted by molar-refractivity contribution is 5.77. The molecule has 2 aromatic rings. The molecule has 0 fully saturated rings. The lowest BCUT2D eigenvalue weighted by Gasteiger charge is -2.26. The predicted octanol–water partition coefficient (Wildman–Crippen LogP) is 3.75. The molecule has 0 aliphatic rings. The first-order valence-electron chi connectivity index (χ1n) is 8.55. The average molecular weight is 364 g/mol. The lowest BCUT2D eigenvalue weighted by molar-refractivity contribution is -0.160. The molecule has 1 atom stereocenters. The number of rotatable bonds is 8. The van der Waals surface area contributed by atoms with Crippen LogP contribution in [0.15, 0.2) is 60.7 Å². The largest absolute Gasteiger partial charge is 0.396 e. The fourth-order valence-corrected chi connectivity index (χ4v) is 2.84. The SMILES string of the molecule is NCCN(CCc1ccccc1)C(=O)CC(c1ccccc1)C(F)(F)F. The minimum Gasteiger partial charge on any atom is -0.341 e. The van der Waals surface area contributed by atoms with Crippen LogP contribution in [-0.2, 0) is 11.2 Å². The van der Waals surface area contributed by atoms with E-state index in [1.54, 1.807) is 18.2 Å². The summed E-state index contributed by atoms with van der Waals surface area (Å²) in [7, 11) is 0. The summed E-state index contributed by atoms with van der Waals surface area (Å²) in [6.07, 6.45) is -4.51. The van der Waals surface area contributed by atoms with Gasteiger partial charge in [-0.3, -0.25) is 4.79 Å². The second kappa shape index (κ2) is 9.38. The first-order chi connectivity index (χ1) is 12.4. The third-order valence-electron chi connectivity index (χ3n) is 4.24. The Kier molecular flexibility index (Phi) is 7.21. The Hall–Kier alpha value is -2.34. The van der Waals surface area contributed by atoms with Crippen LogP contribution in [-0.4, -0.2) is 36.6 Å². The van der Waals surface area contributed by atoms with Crippen molar-refractivity contribution in [1.29, 1.82) is 0 Å². The molecule has 0 bridgehead atoms. The van der Waals surface area contributed by atoms with E-state index < -0.39 is 24.4 Å². The highest BCUT2D eigenvalue weighted by Crippen LogP contribution is 2.37. The number of nitrogens with zero attached hydrogens (tertiary/aromatic N) is 1. The normalized spacial score (nSPS) is 12.6. The van der Waals surface area contributed by atoms with Gasteiger partial charge in [-0.25, -0.2) is 0 Å². The van der Waals surface area contributed by atoms with Crippen LogP contribution in [0.5, 0.6) is 0 Å². The Balaban J connectivity index is 2.08. The summed E-state index contributed by atoms with van der Waals surface area (Å²) in [5, 5.41) is 0. The highest BCUT2D eigenvalue weighted by Gasteiger charge is 2.42. The van der Waals surface area contributed by atoms with Gasteiger partial charge in [0.25, 0.3) is 0 Å². The molecular formula is C20H23F3N2O. The molecule has 2 N–H and O–H groups in total. The number of hydrogen-bond donors (Lipinski definition) is 1. The Morgan fingerprint density at radius 1 is 0.962 bits per heavy atom. The van der Waals surface area contributed by atoms with E-state index in [-0.39, 0.29) is 18.7 Å². The number of hydrogen-bond acceptors (Lipinski definition) is 2. The van der Waals surface area contributed by atoms with Gasteiger partial charge >= 0.3 is 6.18 Å². The van der Waals surface area contributed by atoms with Crippen LogP contribution >= 0.6 is 0 Å². The van der Waals surface area contributed by atoms with Crippen molar-refractivity contribution in [2.24, 2.45) is 5.73 Å². The van der Waals surface area contributed by atoms with E-state index in [0.717, 1.165) is 5.56 Å². The number of alkyl halides is 3. The van der Waals surface area contributed by atoms with Crippen molar-refractivity contribution in [2.75, 3.05) is 19.6 Å². The summed E-state index contributed by atoms with van der Waals surface area (Å²) in [5.74, 6) is -2.34. The maximum Gasteiger partial charge on any atom is 0.396 e. The van der Waals surface area contributed by atoms with E-state index in [9.17, 15) is 18.0 Å². The molecule has 0 spiro atoms. The Bertz CT molecular complexity index is 674. The van der Waals surface area contributed by atoms with Crippen molar-refractivity contribution in [3.63, 3.8) is 0 Å². The monoisotopic (exact) mass is 364 g/mol. The van der Waals surface area contributed by atoms with Gasteiger partial charge in [0.1, 0.15) is 0 Å². The van der Waals surface area contributed by atoms with Gasteiger partial charge in [-0.15, -0.1) is 0 Å². The van der Waals surface area contributed by atoms with Gasteiger partial charge in [0.15, 0.2) is 0 Å². The molecule has 2 rings (SSSR count). The molecule has 0 heterocycles. The van der Waals surface area contributed by atoms with E-state index in [2.05, 4.69) is 0 Å². The summed E-state index contributed by atoms with van der Waals surface area (Å²) < 4.78 is 40.4. The van der Waals surface area contributed by atoms with Crippen LogP contribution in [0.4, 0.5) is 13.2 Å². The molecule has 1 unspecified atom stereocenters. The van der Waals surface area contributed by atoms with Crippen molar-refractivity contribution < 1.29 is 18.0 Å². The van der Waals surface area contributed by atoms with Crippen molar-refractivity contribution in [3.8, 4) is 0 Å². The average Bonchev–Trinajstić information content (AvgIpc) is 2.63. The van der Waals surface area contributed by atoms with E-state index in [1.807, 2.05) is 30.3 Å². The van der Waals surface area contributed by atoms with Gasteiger partial charge in [0.05, 0.1) is 5.92 Å². The van der Waals surface area contributed by atoms with Gasteiger partial charge < -0.3 is 10.6 Å². The first kappa shape index (κ1) is 20.0. The first-order valence-corrected chi connectivity index (χ1v) is 8.55. The van der Waals surface area contributed by atoms with E-state index in [0.29, 0.717) is 13.0 Å². The van der Waals surface area contributed by atoms with Crippen LogP contribution in [0.1, 0.15) is 23.5 Å². The minimum atomic E-state index is -4.48. The summed E-state index contributed by atoms with van der Waals surface area (Å²) in [6, 6.07) is 17.1. The van der Waals surface area contributed by atoms with Gasteiger partial charge in [0, 0.05) is 26.1 Å². The molecule has 0 aromatic heterocycles. The van der Waals surface area contributed by atoms with Gasteiger partial charge in [-0.1, -0.05) is 60.7 Å². The fraction of sp³-hybridized carbons (Fsp3) is 0.350. The maximum absolute atomic E-state index is 13.5. The lowest BCUT2D eigenvalue weighted by atomic mass is 9.94. The van der Waals surface area contributed by atoms with Crippen LogP contribution in [0.2, 0.25) is 0 Å². The number of nitrogens with two attached hydrogens (primary N) is 1. The van der Waals surface area contributed by atoms with Crippen LogP contribution in [0.3, 0.4) is 0 Å². The van der Waals surface area contributed by atoms with Crippen molar-refractivity contribution in [2.45, 2.75) is 24.9 Å². The topological polar surface area (TPSA) is 46.3 Å². The molecule has 26 heavy (non-hydrogen) atoms. The molecule has 1 amide bonds. The summed E-state index contributed by atoms with van der Waals surface area (Å²) in [6.45, 7) is 0.799. The lowest BCUT2D eigenvalue weighted by Crippen LogP contribution is -2.39. The number of amides is 1. The fourth-order valence-electron chi connectivity index (χ4n) is 2.84. The second-order valence-electron chi connectivity index (χ2n) is 6.11. The Labute approximate surface area is 151 Å². The molecule has 3 nitrogen and oxygen atoms in total. The quantitative estimate of drug-likeness (QED) is 0.775. The zero-order chi connectivity index (χ0) is 19.0. The number of carbonyl (C=O) groups excluding carboxylic acids is 1. The maximum atomic E-state index is 13.5. The van der Waals surface area contributed by atoms with Crippen molar-refractivity contribution >= 4 is 5.91 Å². The zero-order valence-corrected chi connectivity index (χ0v) is 14.5. The van der Waals surface area contributed by atoms with Crippen LogP contribution < -0.4 is 5.73 Å². The predicted molar refractivity (Wildman–Crippen MR) is 95.6 cm³/mol. The second-order valence-corrected chi connectivity index (χ2v) is 6.11. The van der Waals surface area contributed by atoms with E-state index >= 15 is 0 Å². The minimum absolute atomic E-state index is 0.101. The number of halogens is 3. The molecule has 0 saturated carbocycles. The third-order valence-corrected chi connectivity index (χ3v) is 4.24. The van der Waals surface area contributed by atoms with Gasteiger partial charge in [-0.2, -0.15) is 13.2 Å². The smallest absolute Gasteiger partial charge is 0.341 e.